The van der Waals surface area contributed by atoms with Gasteiger partial charge in [-0.3, -0.25) is 14.5 Å². The number of thioether (sulfide) groups is 1. The Morgan fingerprint density at radius 3 is 2.52 bits per heavy atom. The average Bonchev–Trinajstić information content (AvgIpc) is 2.94. The van der Waals surface area contributed by atoms with Crippen LogP contribution in [0.5, 0.6) is 0 Å². The molecule has 0 atom stereocenters. The van der Waals surface area contributed by atoms with Crippen LogP contribution in [-0.2, 0) is 9.59 Å². The van der Waals surface area contributed by atoms with Gasteiger partial charge in [-0.1, -0.05) is 101 Å². The third-order valence-corrected chi connectivity index (χ3v) is 6.23. The largest absolute Gasteiger partial charge is 0.323 e. The van der Waals surface area contributed by atoms with E-state index in [0.29, 0.717) is 14.9 Å². The number of hydrogen-bond donors (Lipinski definition) is 1. The number of nitrogens with zero attached hydrogens (tertiary/aromatic N) is 1. The Kier molecular flexibility index (Phi) is 7.38. The Morgan fingerprint density at radius 2 is 1.79 bits per heavy atom. The third kappa shape index (κ3) is 5.62. The monoisotopic (exact) mass is 482 g/mol. The second-order valence-corrected chi connectivity index (χ2v) is 8.75. The fourth-order valence-electron chi connectivity index (χ4n) is 2.41. The first-order valence-electron chi connectivity index (χ1n) is 8.26. The maximum atomic E-state index is 12.6. The smallest absolute Gasteiger partial charge is 0.266 e. The van der Waals surface area contributed by atoms with E-state index in [4.69, 9.17) is 47.0 Å². The summed E-state index contributed by atoms with van der Waals surface area (Å²) in [4.78, 5) is 26.6. The van der Waals surface area contributed by atoms with Crippen LogP contribution >= 0.6 is 58.8 Å². The number of allylic oxidation sites excluding steroid dienone is 2. The summed E-state index contributed by atoms with van der Waals surface area (Å²) in [6.45, 7) is -0.235. The van der Waals surface area contributed by atoms with Crippen molar-refractivity contribution in [2.75, 3.05) is 11.9 Å². The van der Waals surface area contributed by atoms with Crippen molar-refractivity contribution in [3.63, 3.8) is 0 Å². The maximum absolute atomic E-state index is 12.6. The highest BCUT2D eigenvalue weighted by molar-refractivity contribution is 8.26. The normalized spacial score (nSPS) is 15.6. The molecule has 1 aliphatic rings. The van der Waals surface area contributed by atoms with Crippen molar-refractivity contribution >= 4 is 86.7 Å². The number of nitrogens with one attached hydrogen (secondary N) is 1. The van der Waals surface area contributed by atoms with Gasteiger partial charge in [-0.25, -0.2) is 0 Å². The fraction of sp³-hybridized carbons (Fsp3) is 0.0500. The van der Waals surface area contributed by atoms with E-state index in [1.54, 1.807) is 12.2 Å². The molecule has 29 heavy (non-hydrogen) atoms. The fourth-order valence-corrected chi connectivity index (χ4v) is 4.21. The zero-order valence-corrected chi connectivity index (χ0v) is 18.6. The van der Waals surface area contributed by atoms with Crippen LogP contribution in [0.15, 0.2) is 59.5 Å². The molecule has 148 valence electrons. The molecule has 1 N–H and O–H groups in total. The predicted molar refractivity (Wildman–Crippen MR) is 126 cm³/mol. The molecular weight excluding hydrogens is 471 g/mol. The number of halogens is 3. The molecule has 0 saturated carbocycles. The van der Waals surface area contributed by atoms with Gasteiger partial charge >= 0.3 is 0 Å². The quantitative estimate of drug-likeness (QED) is 0.320. The Morgan fingerprint density at radius 1 is 1.10 bits per heavy atom. The summed E-state index contributed by atoms with van der Waals surface area (Å²) in [6.07, 6.45) is 5.34. The third-order valence-electron chi connectivity index (χ3n) is 3.80. The predicted octanol–water partition coefficient (Wildman–Crippen LogP) is 6.04. The van der Waals surface area contributed by atoms with Crippen LogP contribution in [0.4, 0.5) is 5.69 Å². The second kappa shape index (κ2) is 9.78. The summed E-state index contributed by atoms with van der Waals surface area (Å²) in [5.74, 6) is -0.782. The molecule has 0 bridgehead atoms. The average molecular weight is 484 g/mol. The SMILES string of the molecule is O=C(CN1C(=O)/C(=C/C=C/c2ccccc2)SC1=S)Nc1cc(Cl)c(Cl)cc1Cl. The summed E-state index contributed by atoms with van der Waals surface area (Å²) < 4.78 is 0.310. The number of rotatable bonds is 5. The second-order valence-electron chi connectivity index (χ2n) is 5.85. The van der Waals surface area contributed by atoms with Gasteiger partial charge in [-0.2, -0.15) is 0 Å². The van der Waals surface area contributed by atoms with Crippen LogP contribution < -0.4 is 5.32 Å². The number of carbonyl (C=O) groups excluding carboxylic acids is 2. The molecule has 0 unspecified atom stereocenters. The van der Waals surface area contributed by atoms with Gasteiger partial charge in [0.2, 0.25) is 5.91 Å². The first-order valence-corrected chi connectivity index (χ1v) is 10.6. The molecule has 3 rings (SSSR count). The van der Waals surface area contributed by atoms with Crippen molar-refractivity contribution in [2.45, 2.75) is 0 Å². The molecule has 1 heterocycles. The zero-order chi connectivity index (χ0) is 21.0. The first-order chi connectivity index (χ1) is 13.8. The van der Waals surface area contributed by atoms with Gasteiger partial charge in [0.15, 0.2) is 0 Å². The summed E-state index contributed by atoms with van der Waals surface area (Å²) >= 11 is 24.3. The highest BCUT2D eigenvalue weighted by Crippen LogP contribution is 2.33. The number of anilines is 1. The first kappa shape index (κ1) is 21.9. The molecular formula is C20H13Cl3N2O2S2. The van der Waals surface area contributed by atoms with E-state index in [9.17, 15) is 9.59 Å². The van der Waals surface area contributed by atoms with E-state index >= 15 is 0 Å². The van der Waals surface area contributed by atoms with Crippen molar-refractivity contribution in [1.29, 1.82) is 0 Å². The molecule has 0 aromatic heterocycles. The Hall–Kier alpha value is -1.83. The molecule has 4 nitrogen and oxygen atoms in total. The number of thiocarbonyl (C=S) groups is 1. The van der Waals surface area contributed by atoms with Crippen LogP contribution in [0, 0.1) is 0 Å². The molecule has 1 fully saturated rings. The molecule has 1 aliphatic heterocycles. The van der Waals surface area contributed by atoms with Crippen molar-refractivity contribution in [3.8, 4) is 0 Å². The minimum atomic E-state index is -0.456. The molecule has 2 aromatic carbocycles. The number of hydrogen-bond acceptors (Lipinski definition) is 4. The van der Waals surface area contributed by atoms with Crippen LogP contribution in [0.3, 0.4) is 0 Å². The molecule has 2 amide bonds. The summed E-state index contributed by atoms with van der Waals surface area (Å²) in [6, 6.07) is 12.6. The van der Waals surface area contributed by atoms with Gasteiger partial charge in [0.05, 0.1) is 25.7 Å². The number of carbonyl (C=O) groups is 2. The molecule has 0 radical (unpaired) electrons. The minimum Gasteiger partial charge on any atom is -0.323 e. The Bertz CT molecular complexity index is 1040. The van der Waals surface area contributed by atoms with E-state index in [1.165, 1.54) is 17.0 Å². The zero-order valence-electron chi connectivity index (χ0n) is 14.7. The molecule has 9 heteroatoms. The lowest BCUT2D eigenvalue weighted by Crippen LogP contribution is -2.36. The molecule has 2 aromatic rings. The highest BCUT2D eigenvalue weighted by atomic mass is 35.5. The van der Waals surface area contributed by atoms with Crippen LogP contribution in [0.2, 0.25) is 15.1 Å². The van der Waals surface area contributed by atoms with E-state index in [1.807, 2.05) is 36.4 Å². The van der Waals surface area contributed by atoms with Crippen molar-refractivity contribution in [3.05, 3.63) is 80.2 Å². The van der Waals surface area contributed by atoms with Crippen LogP contribution in [0.25, 0.3) is 6.08 Å². The lowest BCUT2D eigenvalue weighted by Gasteiger charge is -2.15. The standard InChI is InChI=1S/C20H13Cl3N2O2S2/c21-13-9-15(23)16(10-14(13)22)24-18(26)11-25-19(27)17(29-20(25)28)8-4-7-12-5-2-1-3-6-12/h1-10H,11H2,(H,24,26)/b7-4+,17-8-. The Balaban J connectivity index is 1.65. The maximum Gasteiger partial charge on any atom is 0.266 e. The lowest BCUT2D eigenvalue weighted by atomic mass is 10.2. The Labute approximate surface area is 192 Å². The van der Waals surface area contributed by atoms with Gasteiger partial charge in [-0.15, -0.1) is 0 Å². The van der Waals surface area contributed by atoms with Crippen LogP contribution in [-0.4, -0.2) is 27.6 Å². The van der Waals surface area contributed by atoms with E-state index in [-0.39, 0.29) is 27.5 Å². The van der Waals surface area contributed by atoms with Gasteiger partial charge in [-0.05, 0) is 23.8 Å². The van der Waals surface area contributed by atoms with Crippen molar-refractivity contribution in [2.24, 2.45) is 0 Å². The summed E-state index contributed by atoms with van der Waals surface area (Å²) in [5.41, 5.74) is 1.31. The lowest BCUT2D eigenvalue weighted by molar-refractivity contribution is -0.126. The van der Waals surface area contributed by atoms with Crippen molar-refractivity contribution < 1.29 is 9.59 Å². The number of benzene rings is 2. The van der Waals surface area contributed by atoms with Gasteiger partial charge in [0.1, 0.15) is 10.9 Å². The van der Waals surface area contributed by atoms with Crippen molar-refractivity contribution in [1.82, 2.24) is 4.90 Å². The van der Waals surface area contributed by atoms with E-state index in [0.717, 1.165) is 17.3 Å². The number of amides is 2. The minimum absolute atomic E-state index is 0.235. The van der Waals surface area contributed by atoms with Gasteiger partial charge in [0.25, 0.3) is 5.91 Å². The summed E-state index contributed by atoms with van der Waals surface area (Å²) in [5, 5.41) is 3.39. The summed E-state index contributed by atoms with van der Waals surface area (Å²) in [7, 11) is 0. The van der Waals surface area contributed by atoms with Gasteiger partial charge < -0.3 is 5.32 Å². The molecule has 0 aliphatic carbocycles. The van der Waals surface area contributed by atoms with Crippen LogP contribution in [0.1, 0.15) is 5.56 Å². The topological polar surface area (TPSA) is 49.4 Å². The molecule has 1 saturated heterocycles. The van der Waals surface area contributed by atoms with Gasteiger partial charge in [0, 0.05) is 0 Å². The molecule has 0 spiro atoms. The van der Waals surface area contributed by atoms with E-state index in [2.05, 4.69) is 5.32 Å². The van der Waals surface area contributed by atoms with E-state index < -0.39 is 5.91 Å². The highest BCUT2D eigenvalue weighted by Gasteiger charge is 2.33.